The van der Waals surface area contributed by atoms with Gasteiger partial charge in [-0.05, 0) is 50.0 Å². The highest BCUT2D eigenvalue weighted by molar-refractivity contribution is 14.0. The summed E-state index contributed by atoms with van der Waals surface area (Å²) < 4.78 is 0. The number of likely N-dealkylation sites (N-methyl/N-ethyl adjacent to an activating group) is 1. The van der Waals surface area contributed by atoms with Crippen LogP contribution in [-0.4, -0.2) is 73.1 Å². The summed E-state index contributed by atoms with van der Waals surface area (Å²) in [6.07, 6.45) is 8.42. The minimum atomic E-state index is 0. The molecule has 1 aromatic heterocycles. The highest BCUT2D eigenvalue weighted by Crippen LogP contribution is 2.19. The number of aromatic nitrogens is 1. The van der Waals surface area contributed by atoms with Crippen molar-refractivity contribution >= 4 is 35.8 Å². The van der Waals surface area contributed by atoms with Crippen molar-refractivity contribution in [1.29, 1.82) is 0 Å². The van der Waals surface area contributed by atoms with Crippen molar-refractivity contribution in [2.45, 2.75) is 58.5 Å². The normalized spacial score (nSPS) is 20.6. The molecule has 2 fully saturated rings. The highest BCUT2D eigenvalue weighted by Gasteiger charge is 2.27. The van der Waals surface area contributed by atoms with Crippen molar-refractivity contribution in [2.24, 2.45) is 4.99 Å². The van der Waals surface area contributed by atoms with Gasteiger partial charge in [-0.3, -0.25) is 9.89 Å². The maximum Gasteiger partial charge on any atom is 0.193 e. The van der Waals surface area contributed by atoms with Gasteiger partial charge in [-0.1, -0.05) is 26.7 Å². The van der Waals surface area contributed by atoms with E-state index in [4.69, 9.17) is 0 Å². The molecule has 1 unspecified atom stereocenters. The second-order valence-electron chi connectivity index (χ2n) is 7.93. The Bertz CT molecular complexity index is 625. The van der Waals surface area contributed by atoms with Gasteiger partial charge in [-0.25, -0.2) is 4.98 Å². The number of rotatable bonds is 6. The molecule has 0 saturated carbocycles. The molecule has 3 heterocycles. The van der Waals surface area contributed by atoms with Gasteiger partial charge in [-0.2, -0.15) is 0 Å². The van der Waals surface area contributed by atoms with E-state index in [1.54, 1.807) is 0 Å². The van der Waals surface area contributed by atoms with E-state index in [0.29, 0.717) is 6.04 Å². The Hall–Kier alpha value is -1.09. The highest BCUT2D eigenvalue weighted by atomic mass is 127. The fourth-order valence-corrected chi connectivity index (χ4v) is 4.53. The first-order valence-corrected chi connectivity index (χ1v) is 11.1. The Morgan fingerprint density at radius 1 is 1.17 bits per heavy atom. The number of hydrogen-bond acceptors (Lipinski definition) is 4. The summed E-state index contributed by atoms with van der Waals surface area (Å²) in [7, 11) is 1.89. The van der Waals surface area contributed by atoms with Crippen LogP contribution in [0.5, 0.6) is 0 Å². The first-order valence-electron chi connectivity index (χ1n) is 11.1. The number of hydrogen-bond donors (Lipinski definition) is 1. The lowest BCUT2D eigenvalue weighted by Gasteiger charge is -2.27. The van der Waals surface area contributed by atoms with Gasteiger partial charge in [0.1, 0.15) is 5.82 Å². The van der Waals surface area contributed by atoms with Crippen molar-refractivity contribution in [3.8, 4) is 0 Å². The number of likely N-dealkylation sites (tertiary alicyclic amines) is 1. The molecule has 0 amide bonds. The van der Waals surface area contributed by atoms with Crippen LogP contribution >= 0.6 is 24.0 Å². The summed E-state index contributed by atoms with van der Waals surface area (Å²) in [5.74, 6) is 2.14. The minimum absolute atomic E-state index is 0. The van der Waals surface area contributed by atoms with Crippen molar-refractivity contribution in [3.63, 3.8) is 0 Å². The molecule has 2 saturated heterocycles. The maximum atomic E-state index is 4.63. The zero-order chi connectivity index (χ0) is 19.8. The van der Waals surface area contributed by atoms with Crippen LogP contribution in [0.3, 0.4) is 0 Å². The molecule has 0 aliphatic carbocycles. The molecule has 7 heteroatoms. The van der Waals surface area contributed by atoms with Gasteiger partial charge in [0.2, 0.25) is 0 Å². The smallest absolute Gasteiger partial charge is 0.193 e. The SMILES string of the molecule is CCN(CC)C1CCN(C(=NC)NCc2ccnc(N3CCCCCC3)c2)C1.I. The van der Waals surface area contributed by atoms with Crippen LogP contribution in [0.15, 0.2) is 23.3 Å². The summed E-state index contributed by atoms with van der Waals surface area (Å²) in [5, 5.41) is 3.58. The molecule has 0 spiro atoms. The summed E-state index contributed by atoms with van der Waals surface area (Å²) in [5.41, 5.74) is 1.27. The number of pyridine rings is 1. The molecule has 29 heavy (non-hydrogen) atoms. The van der Waals surface area contributed by atoms with E-state index in [-0.39, 0.29) is 24.0 Å². The molecule has 1 atom stereocenters. The van der Waals surface area contributed by atoms with Gasteiger partial charge in [-0.15, -0.1) is 24.0 Å². The lowest BCUT2D eigenvalue weighted by atomic mass is 10.2. The maximum absolute atomic E-state index is 4.63. The van der Waals surface area contributed by atoms with Crippen molar-refractivity contribution in [3.05, 3.63) is 23.9 Å². The van der Waals surface area contributed by atoms with E-state index in [9.17, 15) is 0 Å². The molecule has 2 aliphatic rings. The predicted octanol–water partition coefficient (Wildman–Crippen LogP) is 3.57. The van der Waals surface area contributed by atoms with Crippen LogP contribution < -0.4 is 10.2 Å². The molecule has 6 nitrogen and oxygen atoms in total. The molecule has 1 aromatic rings. The number of nitrogens with zero attached hydrogens (tertiary/aromatic N) is 5. The quantitative estimate of drug-likeness (QED) is 0.358. The Kier molecular flexibility index (Phi) is 10.5. The van der Waals surface area contributed by atoms with Gasteiger partial charge in [0.15, 0.2) is 5.96 Å². The molecule has 164 valence electrons. The van der Waals surface area contributed by atoms with Crippen LogP contribution in [0.2, 0.25) is 0 Å². The van der Waals surface area contributed by atoms with Crippen LogP contribution in [0, 0.1) is 0 Å². The van der Waals surface area contributed by atoms with Crippen molar-refractivity contribution in [2.75, 3.05) is 51.2 Å². The number of halogens is 1. The largest absolute Gasteiger partial charge is 0.357 e. The molecular weight excluding hydrogens is 475 g/mol. The van der Waals surface area contributed by atoms with Crippen LogP contribution in [-0.2, 0) is 6.54 Å². The summed E-state index contributed by atoms with van der Waals surface area (Å²) in [4.78, 5) is 16.6. The number of nitrogens with one attached hydrogen (secondary N) is 1. The summed E-state index contributed by atoms with van der Waals surface area (Å²) >= 11 is 0. The third-order valence-corrected chi connectivity index (χ3v) is 6.19. The number of anilines is 1. The zero-order valence-corrected chi connectivity index (χ0v) is 20.8. The van der Waals surface area contributed by atoms with E-state index in [1.165, 1.54) is 37.7 Å². The number of guanidine groups is 1. The zero-order valence-electron chi connectivity index (χ0n) is 18.4. The van der Waals surface area contributed by atoms with Crippen LogP contribution in [0.25, 0.3) is 0 Å². The molecular formula is C22H39IN6. The standard InChI is InChI=1S/C22H38N6.HI/c1-4-26(5-2)20-11-15-28(18-20)22(23-3)25-17-19-10-12-24-21(16-19)27-13-8-6-7-9-14-27;/h10,12,16,20H,4-9,11,13-15,17-18H2,1-3H3,(H,23,25);1H. The minimum Gasteiger partial charge on any atom is -0.357 e. The molecule has 1 N–H and O–H groups in total. The monoisotopic (exact) mass is 514 g/mol. The predicted molar refractivity (Wildman–Crippen MR) is 133 cm³/mol. The third-order valence-electron chi connectivity index (χ3n) is 6.19. The first kappa shape index (κ1) is 24.2. The first-order chi connectivity index (χ1) is 13.7. The fourth-order valence-electron chi connectivity index (χ4n) is 4.53. The van der Waals surface area contributed by atoms with E-state index >= 15 is 0 Å². The lowest BCUT2D eigenvalue weighted by Crippen LogP contribution is -2.43. The lowest BCUT2D eigenvalue weighted by molar-refractivity contribution is 0.223. The fraction of sp³-hybridized carbons (Fsp3) is 0.727. The van der Waals surface area contributed by atoms with E-state index in [0.717, 1.165) is 57.6 Å². The van der Waals surface area contributed by atoms with Gasteiger partial charge in [0.25, 0.3) is 0 Å². The Morgan fingerprint density at radius 3 is 2.55 bits per heavy atom. The summed E-state index contributed by atoms with van der Waals surface area (Å²) in [6, 6.07) is 5.00. The van der Waals surface area contributed by atoms with Crippen LogP contribution in [0.1, 0.15) is 51.5 Å². The van der Waals surface area contributed by atoms with E-state index < -0.39 is 0 Å². The molecule has 0 radical (unpaired) electrons. The van der Waals surface area contributed by atoms with Gasteiger partial charge in [0, 0.05) is 52.0 Å². The van der Waals surface area contributed by atoms with Crippen molar-refractivity contribution in [1.82, 2.24) is 20.1 Å². The molecule has 0 aromatic carbocycles. The second-order valence-corrected chi connectivity index (χ2v) is 7.93. The Morgan fingerprint density at radius 2 is 1.90 bits per heavy atom. The van der Waals surface area contributed by atoms with Crippen molar-refractivity contribution < 1.29 is 0 Å². The van der Waals surface area contributed by atoms with Gasteiger partial charge < -0.3 is 15.1 Å². The third kappa shape index (κ3) is 6.70. The van der Waals surface area contributed by atoms with Gasteiger partial charge >= 0.3 is 0 Å². The van der Waals surface area contributed by atoms with E-state index in [1.807, 2.05) is 13.2 Å². The Balaban J connectivity index is 0.00000300. The molecule has 0 bridgehead atoms. The summed E-state index contributed by atoms with van der Waals surface area (Å²) in [6.45, 7) is 12.0. The average molecular weight is 515 g/mol. The van der Waals surface area contributed by atoms with Crippen LogP contribution in [0.4, 0.5) is 5.82 Å². The van der Waals surface area contributed by atoms with Gasteiger partial charge in [0.05, 0.1) is 0 Å². The molecule has 3 rings (SSSR count). The molecule has 2 aliphatic heterocycles. The topological polar surface area (TPSA) is 47.0 Å². The Labute approximate surface area is 194 Å². The number of aliphatic imine (C=N–C) groups is 1. The average Bonchev–Trinajstić information content (AvgIpc) is 3.04. The second kappa shape index (κ2) is 12.6. The van der Waals surface area contributed by atoms with E-state index in [2.05, 4.69) is 56.0 Å².